The lowest BCUT2D eigenvalue weighted by atomic mass is 10.2. The van der Waals surface area contributed by atoms with Crippen molar-refractivity contribution in [2.75, 3.05) is 44.9 Å². The molecule has 5 heteroatoms. The Morgan fingerprint density at radius 1 is 1.47 bits per heavy atom. The average molecular weight is 265 g/mol. The molecule has 1 amide bonds. The number of nitrogens with two attached hydrogens (primary N) is 1. The van der Waals surface area contributed by atoms with Crippen molar-refractivity contribution in [2.45, 2.75) is 13.3 Å². The van der Waals surface area contributed by atoms with E-state index in [1.54, 1.807) is 7.11 Å². The van der Waals surface area contributed by atoms with E-state index in [2.05, 4.69) is 5.32 Å². The van der Waals surface area contributed by atoms with Crippen LogP contribution in [0.25, 0.3) is 0 Å². The number of amides is 1. The van der Waals surface area contributed by atoms with Gasteiger partial charge in [-0.1, -0.05) is 6.07 Å². The highest BCUT2D eigenvalue weighted by Crippen LogP contribution is 2.19. The number of rotatable bonds is 7. The predicted molar refractivity (Wildman–Crippen MR) is 78.2 cm³/mol. The molecule has 0 unspecified atom stereocenters. The largest absolute Gasteiger partial charge is 0.397 e. The number of ether oxygens (including phenoxy) is 1. The predicted octanol–water partition coefficient (Wildman–Crippen LogP) is 1.48. The minimum atomic E-state index is -0.0598. The van der Waals surface area contributed by atoms with Crippen molar-refractivity contribution < 1.29 is 9.53 Å². The van der Waals surface area contributed by atoms with Crippen LogP contribution in [0.15, 0.2) is 18.2 Å². The molecular weight excluding hydrogens is 242 g/mol. The van der Waals surface area contributed by atoms with Crippen LogP contribution in [0, 0.1) is 6.92 Å². The lowest BCUT2D eigenvalue weighted by molar-refractivity contribution is -0.117. The van der Waals surface area contributed by atoms with Crippen LogP contribution in [0.2, 0.25) is 0 Å². The second-order valence-electron chi connectivity index (χ2n) is 4.72. The number of nitrogen functional groups attached to an aromatic ring is 1. The molecule has 1 rings (SSSR count). The number of anilines is 2. The van der Waals surface area contributed by atoms with Crippen molar-refractivity contribution in [3.63, 3.8) is 0 Å². The molecule has 5 nitrogen and oxygen atoms in total. The van der Waals surface area contributed by atoms with Gasteiger partial charge in [-0.2, -0.15) is 0 Å². The molecule has 19 heavy (non-hydrogen) atoms. The van der Waals surface area contributed by atoms with Gasteiger partial charge in [-0.3, -0.25) is 9.69 Å². The van der Waals surface area contributed by atoms with E-state index in [0.29, 0.717) is 24.5 Å². The highest BCUT2D eigenvalue weighted by atomic mass is 16.5. The summed E-state index contributed by atoms with van der Waals surface area (Å²) >= 11 is 0. The molecule has 0 radical (unpaired) electrons. The van der Waals surface area contributed by atoms with E-state index in [1.165, 1.54) is 0 Å². The zero-order valence-electron chi connectivity index (χ0n) is 11.9. The third-order valence-electron chi connectivity index (χ3n) is 2.78. The highest BCUT2D eigenvalue weighted by Gasteiger charge is 2.08. The fourth-order valence-electron chi connectivity index (χ4n) is 1.79. The van der Waals surface area contributed by atoms with Crippen LogP contribution in [0.1, 0.15) is 12.0 Å². The van der Waals surface area contributed by atoms with Crippen LogP contribution >= 0.6 is 0 Å². The van der Waals surface area contributed by atoms with Crippen molar-refractivity contribution in [3.8, 4) is 0 Å². The van der Waals surface area contributed by atoms with Gasteiger partial charge >= 0.3 is 0 Å². The summed E-state index contributed by atoms with van der Waals surface area (Å²) in [5.41, 5.74) is 8.19. The number of likely N-dealkylation sites (N-methyl/N-ethyl adjacent to an activating group) is 1. The first-order valence-corrected chi connectivity index (χ1v) is 6.36. The van der Waals surface area contributed by atoms with Crippen LogP contribution in [-0.4, -0.2) is 44.7 Å². The maximum atomic E-state index is 11.9. The zero-order valence-corrected chi connectivity index (χ0v) is 11.9. The van der Waals surface area contributed by atoms with E-state index in [9.17, 15) is 4.79 Å². The zero-order chi connectivity index (χ0) is 14.3. The molecule has 0 fully saturated rings. The molecule has 106 valence electrons. The molecule has 1 aromatic carbocycles. The molecule has 0 saturated carbocycles. The third-order valence-corrected chi connectivity index (χ3v) is 2.78. The molecule has 0 saturated heterocycles. The second kappa shape index (κ2) is 7.76. The molecule has 0 atom stereocenters. The summed E-state index contributed by atoms with van der Waals surface area (Å²) in [5, 5.41) is 2.82. The lowest BCUT2D eigenvalue weighted by Gasteiger charge is -2.16. The third kappa shape index (κ3) is 5.72. The number of aryl methyl sites for hydroxylation is 1. The summed E-state index contributed by atoms with van der Waals surface area (Å²) < 4.78 is 4.98. The topological polar surface area (TPSA) is 67.6 Å². The van der Waals surface area contributed by atoms with Gasteiger partial charge in [-0.15, -0.1) is 0 Å². The van der Waals surface area contributed by atoms with Crippen molar-refractivity contribution in [2.24, 2.45) is 0 Å². The Morgan fingerprint density at radius 2 is 2.21 bits per heavy atom. The smallest absolute Gasteiger partial charge is 0.238 e. The molecule has 0 heterocycles. The molecule has 0 aliphatic carbocycles. The van der Waals surface area contributed by atoms with Gasteiger partial charge in [0.1, 0.15) is 0 Å². The van der Waals surface area contributed by atoms with Gasteiger partial charge < -0.3 is 15.8 Å². The van der Waals surface area contributed by atoms with Gasteiger partial charge in [0.15, 0.2) is 0 Å². The highest BCUT2D eigenvalue weighted by molar-refractivity contribution is 5.95. The minimum absolute atomic E-state index is 0.0598. The first-order chi connectivity index (χ1) is 9.02. The number of carbonyl (C=O) groups is 1. The molecular formula is C14H23N3O2. The fourth-order valence-corrected chi connectivity index (χ4v) is 1.79. The van der Waals surface area contributed by atoms with E-state index in [0.717, 1.165) is 18.5 Å². The Bertz CT molecular complexity index is 421. The van der Waals surface area contributed by atoms with Crippen LogP contribution < -0.4 is 11.1 Å². The number of hydrogen-bond acceptors (Lipinski definition) is 4. The van der Waals surface area contributed by atoms with Gasteiger partial charge in [-0.25, -0.2) is 0 Å². The van der Waals surface area contributed by atoms with Crippen LogP contribution in [0.4, 0.5) is 11.4 Å². The standard InChI is InChI=1S/C14H23N3O2/c1-11-5-6-13(12(15)9-11)16-14(18)10-17(2)7-4-8-19-3/h5-6,9H,4,7-8,10,15H2,1-3H3,(H,16,18). The summed E-state index contributed by atoms with van der Waals surface area (Å²) in [7, 11) is 3.58. The Kier molecular flexibility index (Phi) is 6.32. The Hall–Kier alpha value is -1.59. The first kappa shape index (κ1) is 15.5. The Morgan fingerprint density at radius 3 is 2.84 bits per heavy atom. The van der Waals surface area contributed by atoms with E-state index in [1.807, 2.05) is 37.1 Å². The molecule has 0 spiro atoms. The van der Waals surface area contributed by atoms with E-state index in [-0.39, 0.29) is 5.91 Å². The van der Waals surface area contributed by atoms with E-state index >= 15 is 0 Å². The van der Waals surface area contributed by atoms with Gasteiger partial charge in [0.05, 0.1) is 17.9 Å². The van der Waals surface area contributed by atoms with Gasteiger partial charge in [0, 0.05) is 20.3 Å². The summed E-state index contributed by atoms with van der Waals surface area (Å²) in [5.74, 6) is -0.0598. The average Bonchev–Trinajstić information content (AvgIpc) is 2.33. The van der Waals surface area contributed by atoms with Gasteiger partial charge in [-0.05, 0) is 38.1 Å². The maximum absolute atomic E-state index is 11.9. The normalized spacial score (nSPS) is 10.7. The van der Waals surface area contributed by atoms with Crippen molar-refractivity contribution >= 4 is 17.3 Å². The number of nitrogens with one attached hydrogen (secondary N) is 1. The van der Waals surface area contributed by atoms with E-state index in [4.69, 9.17) is 10.5 Å². The summed E-state index contributed by atoms with van der Waals surface area (Å²) in [6, 6.07) is 5.60. The van der Waals surface area contributed by atoms with Crippen LogP contribution in [0.5, 0.6) is 0 Å². The van der Waals surface area contributed by atoms with E-state index < -0.39 is 0 Å². The molecule has 0 aliphatic rings. The molecule has 3 N–H and O–H groups in total. The Labute approximate surface area is 114 Å². The number of methoxy groups -OCH3 is 1. The maximum Gasteiger partial charge on any atom is 0.238 e. The first-order valence-electron chi connectivity index (χ1n) is 6.36. The second-order valence-corrected chi connectivity index (χ2v) is 4.72. The van der Waals surface area contributed by atoms with Crippen LogP contribution in [-0.2, 0) is 9.53 Å². The SMILES string of the molecule is COCCCN(C)CC(=O)Nc1ccc(C)cc1N. The molecule has 1 aromatic rings. The minimum Gasteiger partial charge on any atom is -0.397 e. The van der Waals surface area contributed by atoms with Crippen molar-refractivity contribution in [1.29, 1.82) is 0 Å². The summed E-state index contributed by atoms with van der Waals surface area (Å²) in [6.07, 6.45) is 0.910. The number of carbonyl (C=O) groups excluding carboxylic acids is 1. The number of benzene rings is 1. The molecule has 0 aliphatic heterocycles. The van der Waals surface area contributed by atoms with Crippen LogP contribution in [0.3, 0.4) is 0 Å². The van der Waals surface area contributed by atoms with Crippen molar-refractivity contribution in [1.82, 2.24) is 4.90 Å². The lowest BCUT2D eigenvalue weighted by Crippen LogP contribution is -2.31. The fraction of sp³-hybridized carbons (Fsp3) is 0.500. The number of hydrogen-bond donors (Lipinski definition) is 2. The van der Waals surface area contributed by atoms with Gasteiger partial charge in [0.25, 0.3) is 0 Å². The quantitative estimate of drug-likeness (QED) is 0.579. The Balaban J connectivity index is 2.42. The molecule has 0 aromatic heterocycles. The number of nitrogens with zero attached hydrogens (tertiary/aromatic N) is 1. The summed E-state index contributed by atoms with van der Waals surface area (Å²) in [6.45, 7) is 3.84. The van der Waals surface area contributed by atoms with Gasteiger partial charge in [0.2, 0.25) is 5.91 Å². The van der Waals surface area contributed by atoms with Crippen molar-refractivity contribution in [3.05, 3.63) is 23.8 Å². The monoisotopic (exact) mass is 265 g/mol. The summed E-state index contributed by atoms with van der Waals surface area (Å²) in [4.78, 5) is 13.8. The molecule has 0 bridgehead atoms.